The molecule has 0 saturated heterocycles. The molecule has 21 heavy (non-hydrogen) atoms. The topological polar surface area (TPSA) is 116 Å². The number of nitrogens with two attached hydrogens (primary N) is 1. The third-order valence-electron chi connectivity index (χ3n) is 2.39. The maximum Gasteiger partial charge on any atom is 0.352 e. The van der Waals surface area contributed by atoms with E-state index in [9.17, 15) is 10.1 Å². The van der Waals surface area contributed by atoms with E-state index in [1.807, 2.05) is 0 Å². The Labute approximate surface area is 129 Å². The molecule has 0 aliphatic heterocycles. The summed E-state index contributed by atoms with van der Waals surface area (Å²) >= 11 is 11.7. The minimum atomic E-state index is -0.642. The van der Waals surface area contributed by atoms with Gasteiger partial charge in [0.1, 0.15) is 11.4 Å². The predicted molar refractivity (Wildman–Crippen MR) is 77.8 cm³/mol. The molecule has 0 saturated carbocycles. The highest BCUT2D eigenvalue weighted by Crippen LogP contribution is 2.34. The summed E-state index contributed by atoms with van der Waals surface area (Å²) in [6.07, 6.45) is 0. The lowest BCUT2D eigenvalue weighted by Crippen LogP contribution is -2.12. The average molecular weight is 330 g/mol. The van der Waals surface area contributed by atoms with E-state index in [2.05, 4.69) is 15.4 Å². The highest BCUT2D eigenvalue weighted by molar-refractivity contribution is 6.34. The molecule has 2 rings (SSSR count). The molecular weight excluding hydrogens is 321 g/mol. The van der Waals surface area contributed by atoms with Crippen LogP contribution in [-0.4, -0.2) is 14.9 Å². The van der Waals surface area contributed by atoms with Crippen LogP contribution in [0.4, 0.5) is 11.6 Å². The van der Waals surface area contributed by atoms with Gasteiger partial charge in [-0.05, 0) is 25.1 Å². The molecule has 110 valence electrons. The van der Waals surface area contributed by atoms with Crippen LogP contribution in [0.5, 0.6) is 11.6 Å². The van der Waals surface area contributed by atoms with Crippen molar-refractivity contribution < 1.29 is 9.66 Å². The molecule has 0 fully saturated rings. The zero-order valence-electron chi connectivity index (χ0n) is 10.6. The number of aromatic nitrogens is 2. The van der Waals surface area contributed by atoms with Gasteiger partial charge in [0, 0.05) is 10.0 Å². The Morgan fingerprint density at radius 2 is 1.90 bits per heavy atom. The summed E-state index contributed by atoms with van der Waals surface area (Å²) in [5.74, 6) is 5.14. The SMILES string of the molecule is Cc1nc(NN)nc(Oc2cc(Cl)cc(Cl)c2)c1[N+](=O)[O-]. The van der Waals surface area contributed by atoms with Crippen molar-refractivity contribution in [1.82, 2.24) is 9.97 Å². The van der Waals surface area contributed by atoms with Gasteiger partial charge in [0.2, 0.25) is 5.95 Å². The minimum absolute atomic E-state index is 0.0128. The number of nitrogens with one attached hydrogen (secondary N) is 1. The highest BCUT2D eigenvalue weighted by atomic mass is 35.5. The number of nitrogen functional groups attached to an aromatic ring is 1. The molecule has 0 unspecified atom stereocenters. The normalized spacial score (nSPS) is 10.3. The Kier molecular flexibility index (Phi) is 4.41. The standard InChI is InChI=1S/C11H9Cl2N5O3/c1-5-9(18(19)20)10(16-11(15-5)17-14)21-8-3-6(12)2-7(13)4-8/h2-4H,14H2,1H3,(H,15,16,17). The van der Waals surface area contributed by atoms with Crippen molar-refractivity contribution in [2.45, 2.75) is 6.92 Å². The number of benzene rings is 1. The van der Waals surface area contributed by atoms with E-state index in [1.165, 1.54) is 25.1 Å². The first-order chi connectivity index (χ1) is 9.90. The molecule has 0 aliphatic rings. The Morgan fingerprint density at radius 1 is 1.29 bits per heavy atom. The van der Waals surface area contributed by atoms with Crippen molar-refractivity contribution in [3.05, 3.63) is 44.1 Å². The van der Waals surface area contributed by atoms with Crippen molar-refractivity contribution in [2.75, 3.05) is 5.43 Å². The van der Waals surface area contributed by atoms with Crippen molar-refractivity contribution >= 4 is 34.8 Å². The van der Waals surface area contributed by atoms with E-state index in [-0.39, 0.29) is 29.0 Å². The van der Waals surface area contributed by atoms with Gasteiger partial charge >= 0.3 is 11.6 Å². The molecule has 0 bridgehead atoms. The second-order valence-electron chi connectivity index (χ2n) is 3.90. The Bertz CT molecular complexity index is 690. The van der Waals surface area contributed by atoms with Gasteiger partial charge < -0.3 is 4.74 Å². The van der Waals surface area contributed by atoms with Gasteiger partial charge in [0.05, 0.1) is 4.92 Å². The molecule has 0 radical (unpaired) electrons. The first-order valence-electron chi connectivity index (χ1n) is 5.54. The van der Waals surface area contributed by atoms with Gasteiger partial charge in [0.25, 0.3) is 0 Å². The molecule has 8 nitrogen and oxygen atoms in total. The van der Waals surface area contributed by atoms with E-state index in [1.54, 1.807) is 0 Å². The first-order valence-corrected chi connectivity index (χ1v) is 6.30. The number of nitro groups is 1. The lowest BCUT2D eigenvalue weighted by Gasteiger charge is -2.09. The molecule has 3 N–H and O–H groups in total. The number of aryl methyl sites for hydroxylation is 1. The smallest absolute Gasteiger partial charge is 0.352 e. The van der Waals surface area contributed by atoms with Crippen LogP contribution in [0, 0.1) is 17.0 Å². The summed E-state index contributed by atoms with van der Waals surface area (Å²) in [6, 6.07) is 4.40. The molecule has 1 heterocycles. The number of rotatable bonds is 4. The third-order valence-corrected chi connectivity index (χ3v) is 2.83. The zero-order valence-corrected chi connectivity index (χ0v) is 12.1. The highest BCUT2D eigenvalue weighted by Gasteiger charge is 2.24. The lowest BCUT2D eigenvalue weighted by atomic mass is 10.3. The molecule has 0 spiro atoms. The minimum Gasteiger partial charge on any atom is -0.433 e. The number of nitrogens with zero attached hydrogens (tertiary/aromatic N) is 3. The van der Waals surface area contributed by atoms with E-state index < -0.39 is 4.92 Å². The summed E-state index contributed by atoms with van der Waals surface area (Å²) in [7, 11) is 0. The molecule has 0 amide bonds. The largest absolute Gasteiger partial charge is 0.433 e. The molecule has 0 aliphatic carbocycles. The number of halogens is 2. The van der Waals surface area contributed by atoms with Gasteiger partial charge in [-0.25, -0.2) is 10.8 Å². The number of hydrogen-bond acceptors (Lipinski definition) is 7. The number of hydrogen-bond donors (Lipinski definition) is 2. The van der Waals surface area contributed by atoms with Crippen molar-refractivity contribution in [2.24, 2.45) is 5.84 Å². The molecule has 1 aromatic heterocycles. The lowest BCUT2D eigenvalue weighted by molar-refractivity contribution is -0.386. The van der Waals surface area contributed by atoms with Gasteiger partial charge in [-0.3, -0.25) is 15.5 Å². The fourth-order valence-electron chi connectivity index (χ4n) is 1.59. The summed E-state index contributed by atoms with van der Waals surface area (Å²) in [5, 5.41) is 11.8. The van der Waals surface area contributed by atoms with Gasteiger partial charge in [-0.15, -0.1) is 0 Å². The Morgan fingerprint density at radius 3 is 2.43 bits per heavy atom. The third kappa shape index (κ3) is 3.48. The number of ether oxygens (including phenoxy) is 1. The van der Waals surface area contributed by atoms with Crippen LogP contribution in [0.2, 0.25) is 10.0 Å². The van der Waals surface area contributed by atoms with Crippen molar-refractivity contribution in [1.29, 1.82) is 0 Å². The monoisotopic (exact) mass is 329 g/mol. The number of hydrazine groups is 1. The van der Waals surface area contributed by atoms with Gasteiger partial charge in [0.15, 0.2) is 0 Å². The first kappa shape index (κ1) is 15.2. The van der Waals surface area contributed by atoms with Crippen LogP contribution in [0.1, 0.15) is 5.69 Å². The van der Waals surface area contributed by atoms with Crippen LogP contribution in [-0.2, 0) is 0 Å². The maximum atomic E-state index is 11.1. The average Bonchev–Trinajstić information content (AvgIpc) is 2.36. The van der Waals surface area contributed by atoms with E-state index in [0.29, 0.717) is 10.0 Å². The quantitative estimate of drug-likeness (QED) is 0.502. The fraction of sp³-hybridized carbons (Fsp3) is 0.0909. The van der Waals surface area contributed by atoms with Crippen LogP contribution in [0.25, 0.3) is 0 Å². The molecule has 2 aromatic rings. The molecular formula is C11H9Cl2N5O3. The van der Waals surface area contributed by atoms with Crippen LogP contribution < -0.4 is 16.0 Å². The Balaban J connectivity index is 2.51. The summed E-state index contributed by atoms with van der Waals surface area (Å²) < 4.78 is 5.40. The van der Waals surface area contributed by atoms with Crippen LogP contribution >= 0.6 is 23.2 Å². The van der Waals surface area contributed by atoms with Crippen LogP contribution in [0.15, 0.2) is 18.2 Å². The van der Waals surface area contributed by atoms with E-state index in [4.69, 9.17) is 33.8 Å². The van der Waals surface area contributed by atoms with Gasteiger partial charge in [-0.1, -0.05) is 23.2 Å². The second-order valence-corrected chi connectivity index (χ2v) is 4.77. The summed E-state index contributed by atoms with van der Waals surface area (Å²) in [5.41, 5.74) is 1.94. The predicted octanol–water partition coefficient (Wildman–Crippen LogP) is 3.08. The summed E-state index contributed by atoms with van der Waals surface area (Å²) in [6.45, 7) is 1.44. The summed E-state index contributed by atoms with van der Waals surface area (Å²) in [4.78, 5) is 18.1. The van der Waals surface area contributed by atoms with E-state index in [0.717, 1.165) is 0 Å². The second kappa shape index (κ2) is 6.08. The molecule has 0 atom stereocenters. The van der Waals surface area contributed by atoms with Crippen molar-refractivity contribution in [3.63, 3.8) is 0 Å². The van der Waals surface area contributed by atoms with E-state index >= 15 is 0 Å². The Hall–Kier alpha value is -2.16. The van der Waals surface area contributed by atoms with Gasteiger partial charge in [-0.2, -0.15) is 4.98 Å². The zero-order chi connectivity index (χ0) is 15.6. The maximum absolute atomic E-state index is 11.1. The fourth-order valence-corrected chi connectivity index (χ4v) is 2.09. The molecule has 10 heteroatoms. The number of anilines is 1. The van der Waals surface area contributed by atoms with Crippen LogP contribution in [0.3, 0.4) is 0 Å². The van der Waals surface area contributed by atoms with Crippen molar-refractivity contribution in [3.8, 4) is 11.6 Å². The molecule has 1 aromatic carbocycles.